The van der Waals surface area contributed by atoms with Gasteiger partial charge in [0.2, 0.25) is 0 Å². The monoisotopic (exact) mass is 468 g/mol. The van der Waals surface area contributed by atoms with Crippen molar-refractivity contribution in [2.45, 2.75) is 30.5 Å². The summed E-state index contributed by atoms with van der Waals surface area (Å²) in [5.74, 6) is -0.683. The van der Waals surface area contributed by atoms with Gasteiger partial charge in [-0.25, -0.2) is 17.8 Å². The molecule has 32 heavy (non-hydrogen) atoms. The van der Waals surface area contributed by atoms with Crippen molar-refractivity contribution in [1.82, 2.24) is 4.98 Å². The van der Waals surface area contributed by atoms with Gasteiger partial charge in [-0.3, -0.25) is 9.69 Å². The first-order valence-electron chi connectivity index (χ1n) is 10.0. The second-order valence-corrected chi connectivity index (χ2v) is 11.1. The van der Waals surface area contributed by atoms with E-state index in [9.17, 15) is 17.6 Å². The number of amides is 1. The lowest BCUT2D eigenvalue weighted by atomic mass is 10.1. The molecular weight excluding hydrogens is 447 g/mol. The maximum Gasteiger partial charge on any atom is 0.260 e. The van der Waals surface area contributed by atoms with Crippen molar-refractivity contribution >= 4 is 42.4 Å². The lowest BCUT2D eigenvalue weighted by molar-refractivity contribution is 0.0985. The molecule has 4 aromatic rings. The Kier molecular flexibility index (Phi) is 6.08. The number of sulfone groups is 1. The first-order chi connectivity index (χ1) is 15.3. The number of carbonyl (C=O) groups excluding carboxylic acids is 1. The van der Waals surface area contributed by atoms with Crippen molar-refractivity contribution in [3.8, 4) is 0 Å². The summed E-state index contributed by atoms with van der Waals surface area (Å²) in [7, 11) is -3.43. The van der Waals surface area contributed by atoms with Crippen LogP contribution >= 0.6 is 11.3 Å². The van der Waals surface area contributed by atoms with Gasteiger partial charge in [-0.2, -0.15) is 0 Å². The SMILES string of the molecule is CC(C)S(=O)(=O)c1ccc(C(=O)N(Cc2ccccc2)c2nc3ccc(F)cc3s2)cc1. The van der Waals surface area contributed by atoms with E-state index in [-0.39, 0.29) is 23.2 Å². The van der Waals surface area contributed by atoms with Crippen LogP contribution in [0.2, 0.25) is 0 Å². The average molecular weight is 469 g/mol. The molecule has 0 saturated carbocycles. The number of carbonyl (C=O) groups is 1. The Labute approximate surface area is 190 Å². The van der Waals surface area contributed by atoms with Crippen molar-refractivity contribution in [2.75, 3.05) is 4.90 Å². The van der Waals surface area contributed by atoms with Crippen LogP contribution in [-0.2, 0) is 16.4 Å². The second-order valence-electron chi connectivity index (χ2n) is 7.60. The van der Waals surface area contributed by atoms with Gasteiger partial charge in [0.1, 0.15) is 5.82 Å². The van der Waals surface area contributed by atoms with Crippen LogP contribution in [0.25, 0.3) is 10.2 Å². The molecule has 0 unspecified atom stereocenters. The van der Waals surface area contributed by atoms with Crippen LogP contribution in [0.15, 0.2) is 77.7 Å². The average Bonchev–Trinajstić information content (AvgIpc) is 3.20. The number of fused-ring (bicyclic) bond motifs is 1. The van der Waals surface area contributed by atoms with Crippen molar-refractivity contribution in [2.24, 2.45) is 0 Å². The number of hydrogen-bond donors (Lipinski definition) is 0. The molecule has 3 aromatic carbocycles. The van der Waals surface area contributed by atoms with Crippen LogP contribution in [0.1, 0.15) is 29.8 Å². The van der Waals surface area contributed by atoms with Crippen LogP contribution in [0.4, 0.5) is 9.52 Å². The minimum Gasteiger partial charge on any atom is -0.279 e. The van der Waals surface area contributed by atoms with Crippen LogP contribution < -0.4 is 4.90 Å². The zero-order chi connectivity index (χ0) is 22.9. The molecule has 0 radical (unpaired) electrons. The third-order valence-corrected chi connectivity index (χ3v) is 8.26. The second kappa shape index (κ2) is 8.80. The molecule has 5 nitrogen and oxygen atoms in total. The number of benzene rings is 3. The van der Waals surface area contributed by atoms with Gasteiger partial charge in [-0.1, -0.05) is 41.7 Å². The summed E-state index contributed by atoms with van der Waals surface area (Å²) >= 11 is 1.23. The highest BCUT2D eigenvalue weighted by molar-refractivity contribution is 7.92. The third kappa shape index (κ3) is 4.42. The topological polar surface area (TPSA) is 67.3 Å². The van der Waals surface area contributed by atoms with Crippen molar-refractivity contribution < 1.29 is 17.6 Å². The van der Waals surface area contributed by atoms with E-state index in [2.05, 4.69) is 4.98 Å². The molecular formula is C24H21FN2O3S2. The smallest absolute Gasteiger partial charge is 0.260 e. The maximum atomic E-state index is 13.7. The van der Waals surface area contributed by atoms with Crippen LogP contribution in [0.3, 0.4) is 0 Å². The normalized spacial score (nSPS) is 11.8. The maximum absolute atomic E-state index is 13.7. The summed E-state index contributed by atoms with van der Waals surface area (Å²) in [5.41, 5.74) is 1.86. The molecule has 1 heterocycles. The largest absolute Gasteiger partial charge is 0.279 e. The highest BCUT2D eigenvalue weighted by atomic mass is 32.2. The van der Waals surface area contributed by atoms with Crippen LogP contribution in [0, 0.1) is 5.82 Å². The summed E-state index contributed by atoms with van der Waals surface area (Å²) in [6, 6.07) is 19.7. The third-order valence-electron chi connectivity index (χ3n) is 5.05. The number of thiazole rings is 1. The predicted octanol–water partition coefficient (Wildman–Crippen LogP) is 5.46. The van der Waals surface area contributed by atoms with Crippen LogP contribution in [0.5, 0.6) is 0 Å². The van der Waals surface area contributed by atoms with E-state index in [0.29, 0.717) is 20.9 Å². The van der Waals surface area contributed by atoms with Gasteiger partial charge in [-0.05, 0) is 61.9 Å². The highest BCUT2D eigenvalue weighted by Gasteiger charge is 2.24. The molecule has 0 spiro atoms. The van der Waals surface area contributed by atoms with E-state index in [1.165, 1.54) is 52.6 Å². The zero-order valence-electron chi connectivity index (χ0n) is 17.5. The summed E-state index contributed by atoms with van der Waals surface area (Å²) in [5, 5.41) is -0.111. The molecule has 0 aliphatic rings. The van der Waals surface area contributed by atoms with Gasteiger partial charge in [0.05, 0.1) is 26.9 Å². The fraction of sp³-hybridized carbons (Fsp3) is 0.167. The molecule has 4 rings (SSSR count). The molecule has 0 N–H and O–H groups in total. The van der Waals surface area contributed by atoms with Crippen molar-refractivity contribution in [1.29, 1.82) is 0 Å². The Hall–Kier alpha value is -3.10. The number of rotatable bonds is 6. The molecule has 0 aliphatic carbocycles. The number of nitrogens with zero attached hydrogens (tertiary/aromatic N) is 2. The Morgan fingerprint density at radius 3 is 2.38 bits per heavy atom. The Morgan fingerprint density at radius 2 is 1.72 bits per heavy atom. The Morgan fingerprint density at radius 1 is 1.03 bits per heavy atom. The summed E-state index contributed by atoms with van der Waals surface area (Å²) in [6.45, 7) is 3.51. The van der Waals surface area contributed by atoms with E-state index in [4.69, 9.17) is 0 Å². The lowest BCUT2D eigenvalue weighted by Gasteiger charge is -2.20. The minimum atomic E-state index is -3.43. The Bertz CT molecular complexity index is 1370. The highest BCUT2D eigenvalue weighted by Crippen LogP contribution is 2.31. The fourth-order valence-corrected chi connectivity index (χ4v) is 5.26. The molecule has 0 fully saturated rings. The Balaban J connectivity index is 1.73. The molecule has 0 atom stereocenters. The van der Waals surface area contributed by atoms with Gasteiger partial charge in [0.25, 0.3) is 5.91 Å². The number of aromatic nitrogens is 1. The van der Waals surface area contributed by atoms with E-state index in [0.717, 1.165) is 5.56 Å². The first-order valence-corrected chi connectivity index (χ1v) is 12.4. The van der Waals surface area contributed by atoms with E-state index < -0.39 is 15.1 Å². The molecule has 1 amide bonds. The van der Waals surface area contributed by atoms with Crippen LogP contribution in [-0.4, -0.2) is 24.6 Å². The minimum absolute atomic E-state index is 0.175. The van der Waals surface area contributed by atoms with Crippen molar-refractivity contribution in [3.63, 3.8) is 0 Å². The van der Waals surface area contributed by atoms with E-state index in [1.807, 2.05) is 30.3 Å². The predicted molar refractivity (Wildman–Crippen MR) is 125 cm³/mol. The van der Waals surface area contributed by atoms with E-state index in [1.54, 1.807) is 19.9 Å². The van der Waals surface area contributed by atoms with Gasteiger partial charge >= 0.3 is 0 Å². The van der Waals surface area contributed by atoms with Gasteiger partial charge < -0.3 is 0 Å². The van der Waals surface area contributed by atoms with Crippen molar-refractivity contribution in [3.05, 3.63) is 89.7 Å². The quantitative estimate of drug-likeness (QED) is 0.377. The lowest BCUT2D eigenvalue weighted by Crippen LogP contribution is -2.30. The number of anilines is 1. The zero-order valence-corrected chi connectivity index (χ0v) is 19.2. The number of hydrogen-bond acceptors (Lipinski definition) is 5. The fourth-order valence-electron chi connectivity index (χ4n) is 3.21. The standard InChI is InChI=1S/C24H21FN2O3S2/c1-16(2)32(29,30)20-11-8-18(9-12-20)23(28)27(15-17-6-4-3-5-7-17)24-26-21-13-10-19(25)14-22(21)31-24/h3-14,16H,15H2,1-2H3. The van der Waals surface area contributed by atoms with Gasteiger partial charge in [0, 0.05) is 5.56 Å². The molecule has 0 bridgehead atoms. The van der Waals surface area contributed by atoms with Gasteiger partial charge in [-0.15, -0.1) is 0 Å². The number of halogens is 1. The molecule has 0 saturated heterocycles. The molecule has 8 heteroatoms. The summed E-state index contributed by atoms with van der Waals surface area (Å²) < 4.78 is 39.1. The first kappa shape index (κ1) is 22.1. The molecule has 0 aliphatic heterocycles. The van der Waals surface area contributed by atoms with E-state index >= 15 is 0 Å². The molecule has 1 aromatic heterocycles. The summed E-state index contributed by atoms with van der Waals surface area (Å²) in [4.78, 5) is 19.7. The summed E-state index contributed by atoms with van der Waals surface area (Å²) in [6.07, 6.45) is 0. The van der Waals surface area contributed by atoms with Gasteiger partial charge in [0.15, 0.2) is 15.0 Å². The molecule has 164 valence electrons.